The summed E-state index contributed by atoms with van der Waals surface area (Å²) in [6.07, 6.45) is 0. The van der Waals surface area contributed by atoms with Gasteiger partial charge in [-0.05, 0) is 24.3 Å². The van der Waals surface area contributed by atoms with E-state index < -0.39 is 0 Å². The molecule has 2 heterocycles. The van der Waals surface area contributed by atoms with Gasteiger partial charge in [0.15, 0.2) is 0 Å². The molecule has 0 amide bonds. The van der Waals surface area contributed by atoms with E-state index in [-0.39, 0.29) is 0 Å². The van der Waals surface area contributed by atoms with E-state index in [2.05, 4.69) is 143 Å². The van der Waals surface area contributed by atoms with Crippen molar-refractivity contribution in [3.05, 3.63) is 140 Å². The van der Waals surface area contributed by atoms with Crippen LogP contribution in [0.4, 0.5) is 0 Å². The summed E-state index contributed by atoms with van der Waals surface area (Å²) in [5.41, 5.74) is 8.65. The van der Waals surface area contributed by atoms with E-state index in [1.807, 2.05) is 6.07 Å². The Kier molecular flexibility index (Phi) is 4.78. The van der Waals surface area contributed by atoms with Crippen molar-refractivity contribution in [2.24, 2.45) is 0 Å². The molecule has 3 heteroatoms. The summed E-state index contributed by atoms with van der Waals surface area (Å²) < 4.78 is 4.48. The van der Waals surface area contributed by atoms with Crippen LogP contribution in [-0.2, 0) is 0 Å². The molecule has 0 atom stereocenters. The van der Waals surface area contributed by atoms with Gasteiger partial charge in [0, 0.05) is 21.9 Å². The van der Waals surface area contributed by atoms with Gasteiger partial charge in [-0.25, -0.2) is 4.68 Å². The molecule has 0 unspecified atom stereocenters. The monoisotopic (exact) mass is 461 g/mol. The summed E-state index contributed by atoms with van der Waals surface area (Å²) in [5.74, 6) is 0. The minimum Gasteiger partial charge on any atom is -0.305 e. The van der Waals surface area contributed by atoms with Crippen LogP contribution in [-0.4, -0.2) is 14.3 Å². The largest absolute Gasteiger partial charge is 0.305 e. The highest BCUT2D eigenvalue weighted by molar-refractivity contribution is 6.10. The highest BCUT2D eigenvalue weighted by Gasteiger charge is 2.25. The zero-order valence-electron chi connectivity index (χ0n) is 19.6. The average Bonchev–Trinajstić information content (AvgIpc) is 3.51. The number of para-hydroxylation sites is 3. The molecule has 5 aromatic carbocycles. The molecular formula is C33H23N3. The molecule has 36 heavy (non-hydrogen) atoms. The highest BCUT2D eigenvalue weighted by atomic mass is 15.3. The molecule has 0 N–H and O–H groups in total. The van der Waals surface area contributed by atoms with Gasteiger partial charge in [0.25, 0.3) is 0 Å². The van der Waals surface area contributed by atoms with Gasteiger partial charge in [-0.2, -0.15) is 5.10 Å². The molecular weight excluding hydrogens is 438 g/mol. The van der Waals surface area contributed by atoms with Crippen molar-refractivity contribution < 1.29 is 0 Å². The standard InChI is InChI=1S/C33H23N3/c1-4-14-24(15-5-1)31-33(35-29-22-12-10-20-27(29)28-21-11-13-23-30(28)35)32(25-16-6-2-7-17-25)36(34-31)26-18-8-3-9-19-26/h1-23H. The number of aromatic nitrogens is 3. The van der Waals surface area contributed by atoms with Crippen LogP contribution in [0.5, 0.6) is 0 Å². The number of rotatable bonds is 4. The minimum absolute atomic E-state index is 0.949. The first-order valence-electron chi connectivity index (χ1n) is 12.2. The fourth-order valence-corrected chi connectivity index (χ4v) is 5.19. The Hall–Kier alpha value is -4.89. The van der Waals surface area contributed by atoms with E-state index in [1.54, 1.807) is 0 Å². The topological polar surface area (TPSA) is 22.8 Å². The number of hydrogen-bond acceptors (Lipinski definition) is 1. The maximum absolute atomic E-state index is 5.29. The van der Waals surface area contributed by atoms with Gasteiger partial charge >= 0.3 is 0 Å². The molecule has 7 aromatic rings. The second-order valence-electron chi connectivity index (χ2n) is 8.89. The fraction of sp³-hybridized carbons (Fsp3) is 0. The van der Waals surface area contributed by atoms with E-state index in [1.165, 1.54) is 21.8 Å². The fourth-order valence-electron chi connectivity index (χ4n) is 5.19. The van der Waals surface area contributed by atoms with Crippen LogP contribution in [0, 0.1) is 0 Å². The Morgan fingerprint density at radius 2 is 0.917 bits per heavy atom. The van der Waals surface area contributed by atoms with Gasteiger partial charge in [0.1, 0.15) is 11.4 Å². The molecule has 0 spiro atoms. The van der Waals surface area contributed by atoms with Gasteiger partial charge < -0.3 is 4.57 Å². The zero-order valence-corrected chi connectivity index (χ0v) is 19.6. The van der Waals surface area contributed by atoms with Crippen molar-refractivity contribution in [3.8, 4) is 33.9 Å². The van der Waals surface area contributed by atoms with Crippen LogP contribution in [0.1, 0.15) is 0 Å². The third-order valence-corrected chi connectivity index (χ3v) is 6.76. The third kappa shape index (κ3) is 3.18. The molecule has 0 aliphatic heterocycles. The lowest BCUT2D eigenvalue weighted by atomic mass is 10.1. The first kappa shape index (κ1) is 20.5. The predicted molar refractivity (Wildman–Crippen MR) is 149 cm³/mol. The van der Waals surface area contributed by atoms with Crippen LogP contribution in [0.15, 0.2) is 140 Å². The molecule has 170 valence electrons. The lowest BCUT2D eigenvalue weighted by Gasteiger charge is -2.13. The summed E-state index contributed by atoms with van der Waals surface area (Å²) in [5, 5.41) is 7.76. The maximum Gasteiger partial charge on any atom is 0.117 e. The van der Waals surface area contributed by atoms with E-state index >= 15 is 0 Å². The van der Waals surface area contributed by atoms with E-state index in [0.717, 1.165) is 33.9 Å². The highest BCUT2D eigenvalue weighted by Crippen LogP contribution is 2.41. The molecule has 0 radical (unpaired) electrons. The molecule has 0 aliphatic rings. The Morgan fingerprint density at radius 1 is 0.444 bits per heavy atom. The van der Waals surface area contributed by atoms with Crippen molar-refractivity contribution in [2.75, 3.05) is 0 Å². The second-order valence-corrected chi connectivity index (χ2v) is 8.89. The molecule has 0 saturated heterocycles. The van der Waals surface area contributed by atoms with E-state index in [4.69, 9.17) is 5.10 Å². The first-order chi connectivity index (χ1) is 17.9. The van der Waals surface area contributed by atoms with Crippen LogP contribution >= 0.6 is 0 Å². The predicted octanol–water partition coefficient (Wildman–Crippen LogP) is 8.30. The lowest BCUT2D eigenvalue weighted by molar-refractivity contribution is 0.891. The van der Waals surface area contributed by atoms with Crippen LogP contribution in [0.3, 0.4) is 0 Å². The Labute approximate surface area is 209 Å². The van der Waals surface area contributed by atoms with Crippen LogP contribution < -0.4 is 0 Å². The molecule has 3 nitrogen and oxygen atoms in total. The quantitative estimate of drug-likeness (QED) is 0.258. The van der Waals surface area contributed by atoms with Crippen molar-refractivity contribution >= 4 is 21.8 Å². The van der Waals surface area contributed by atoms with Crippen molar-refractivity contribution in [1.82, 2.24) is 14.3 Å². The van der Waals surface area contributed by atoms with Gasteiger partial charge in [-0.3, -0.25) is 0 Å². The normalized spacial score (nSPS) is 11.3. The zero-order chi connectivity index (χ0) is 23.9. The second kappa shape index (κ2) is 8.40. The number of benzene rings is 5. The molecule has 0 aliphatic carbocycles. The van der Waals surface area contributed by atoms with Crippen molar-refractivity contribution in [1.29, 1.82) is 0 Å². The lowest BCUT2D eigenvalue weighted by Crippen LogP contribution is -2.01. The number of hydrogen-bond donors (Lipinski definition) is 0. The van der Waals surface area contributed by atoms with Gasteiger partial charge in [-0.15, -0.1) is 0 Å². The molecule has 0 saturated carbocycles. The minimum atomic E-state index is 0.949. The smallest absolute Gasteiger partial charge is 0.117 e. The molecule has 7 rings (SSSR count). The van der Waals surface area contributed by atoms with Gasteiger partial charge in [0.2, 0.25) is 0 Å². The Balaban J connectivity index is 1.70. The summed E-state index contributed by atoms with van der Waals surface area (Å²) >= 11 is 0. The average molecular weight is 462 g/mol. The van der Waals surface area contributed by atoms with Gasteiger partial charge in [0.05, 0.1) is 22.4 Å². The first-order valence-corrected chi connectivity index (χ1v) is 12.2. The summed E-state index contributed by atoms with van der Waals surface area (Å²) in [4.78, 5) is 0. The maximum atomic E-state index is 5.29. The third-order valence-electron chi connectivity index (χ3n) is 6.76. The SMILES string of the molecule is c1ccc(-c2nn(-c3ccccc3)c(-c3ccccc3)c2-n2c3ccccc3c3ccccc32)cc1. The number of nitrogens with zero attached hydrogens (tertiary/aromatic N) is 3. The molecule has 0 fully saturated rings. The molecule has 2 aromatic heterocycles. The van der Waals surface area contributed by atoms with Crippen molar-refractivity contribution in [3.63, 3.8) is 0 Å². The Morgan fingerprint density at radius 3 is 1.50 bits per heavy atom. The van der Waals surface area contributed by atoms with Crippen molar-refractivity contribution in [2.45, 2.75) is 0 Å². The Bertz CT molecular complexity index is 1760. The molecule has 0 bridgehead atoms. The summed E-state index contributed by atoms with van der Waals surface area (Å²) in [6.45, 7) is 0. The van der Waals surface area contributed by atoms with E-state index in [9.17, 15) is 0 Å². The van der Waals surface area contributed by atoms with Crippen LogP contribution in [0.2, 0.25) is 0 Å². The summed E-state index contributed by atoms with van der Waals surface area (Å²) in [7, 11) is 0. The summed E-state index contributed by atoms with van der Waals surface area (Å²) in [6, 6.07) is 48.8. The van der Waals surface area contributed by atoms with Crippen LogP contribution in [0.25, 0.3) is 55.7 Å². The van der Waals surface area contributed by atoms with E-state index in [0.29, 0.717) is 0 Å². The number of fused-ring (bicyclic) bond motifs is 3. The van der Waals surface area contributed by atoms with Gasteiger partial charge in [-0.1, -0.05) is 115 Å².